The minimum absolute atomic E-state index is 0.377. The summed E-state index contributed by atoms with van der Waals surface area (Å²) in [5.74, 6) is -0.377. The Labute approximate surface area is 156 Å². The Bertz CT molecular complexity index is 923. The van der Waals surface area contributed by atoms with Crippen molar-refractivity contribution in [3.8, 4) is 11.4 Å². The maximum absolute atomic E-state index is 11.9. The minimum atomic E-state index is -0.377. The number of nitrogens with zero attached hydrogens (tertiary/aromatic N) is 2. The molecule has 0 radical (unpaired) electrons. The van der Waals surface area contributed by atoms with E-state index in [1.165, 1.54) is 12.8 Å². The number of carbonyl (C=O) groups is 1. The summed E-state index contributed by atoms with van der Waals surface area (Å²) in [4.78, 5) is 16.6. The monoisotopic (exact) mass is 366 g/mol. The smallest absolute Gasteiger partial charge is 0.250 e. The van der Waals surface area contributed by atoms with Crippen LogP contribution in [0.15, 0.2) is 41.8 Å². The Balaban J connectivity index is 1.71. The lowest BCUT2D eigenvalue weighted by atomic mass is 10.2. The number of para-hydroxylation sites is 1. The van der Waals surface area contributed by atoms with Gasteiger partial charge in [-0.1, -0.05) is 31.0 Å². The standard InChI is InChI=1S/C20H22N4OS/c1-13-16(19(21)25)11-18(24(13)15-9-5-6-10-15)17-12-26-20(23-17)22-14-7-3-2-4-8-14/h2-4,7-8,11-12,15H,5-6,9-10H2,1H3,(H2,21,25)(H,22,23). The van der Waals surface area contributed by atoms with Crippen molar-refractivity contribution in [3.63, 3.8) is 0 Å². The topological polar surface area (TPSA) is 72.9 Å². The Morgan fingerprint density at radius 2 is 2.00 bits per heavy atom. The Kier molecular flexibility index (Phi) is 4.51. The summed E-state index contributed by atoms with van der Waals surface area (Å²) in [5, 5.41) is 6.21. The fraction of sp³-hybridized carbons (Fsp3) is 0.300. The quantitative estimate of drug-likeness (QED) is 0.676. The summed E-state index contributed by atoms with van der Waals surface area (Å²) in [5.41, 5.74) is 10.0. The predicted octanol–water partition coefficient (Wildman–Crippen LogP) is 4.88. The molecule has 1 fully saturated rings. The van der Waals surface area contributed by atoms with Crippen molar-refractivity contribution in [2.75, 3.05) is 5.32 Å². The van der Waals surface area contributed by atoms with Gasteiger partial charge in [0.2, 0.25) is 0 Å². The van der Waals surface area contributed by atoms with Gasteiger partial charge >= 0.3 is 0 Å². The zero-order valence-electron chi connectivity index (χ0n) is 14.7. The molecule has 26 heavy (non-hydrogen) atoms. The van der Waals surface area contributed by atoms with Crippen LogP contribution in [-0.2, 0) is 0 Å². The maximum Gasteiger partial charge on any atom is 0.250 e. The summed E-state index contributed by atoms with van der Waals surface area (Å²) in [6.07, 6.45) is 4.73. The van der Waals surface area contributed by atoms with Crippen LogP contribution < -0.4 is 11.1 Å². The molecule has 0 bridgehead atoms. The van der Waals surface area contributed by atoms with E-state index in [0.29, 0.717) is 11.6 Å². The molecular formula is C20H22N4OS. The first-order valence-corrected chi connectivity index (χ1v) is 9.81. The Hall–Kier alpha value is -2.60. The number of hydrogen-bond donors (Lipinski definition) is 2. The molecule has 1 aromatic carbocycles. The second-order valence-corrected chi connectivity index (χ2v) is 7.59. The third-order valence-corrected chi connectivity index (χ3v) is 5.80. The number of aromatic nitrogens is 2. The van der Waals surface area contributed by atoms with E-state index in [2.05, 4.69) is 9.88 Å². The lowest BCUT2D eigenvalue weighted by molar-refractivity contribution is 0.0999. The van der Waals surface area contributed by atoms with Gasteiger partial charge in [-0.15, -0.1) is 11.3 Å². The van der Waals surface area contributed by atoms with E-state index in [-0.39, 0.29) is 5.91 Å². The van der Waals surface area contributed by atoms with Crippen LogP contribution in [-0.4, -0.2) is 15.5 Å². The zero-order valence-corrected chi connectivity index (χ0v) is 15.6. The molecule has 2 aromatic heterocycles. The van der Waals surface area contributed by atoms with Gasteiger partial charge < -0.3 is 15.6 Å². The SMILES string of the molecule is Cc1c(C(N)=O)cc(-c2csc(Nc3ccccc3)n2)n1C1CCCC1. The molecule has 1 aliphatic rings. The maximum atomic E-state index is 11.9. The van der Waals surface area contributed by atoms with Crippen molar-refractivity contribution in [1.29, 1.82) is 0 Å². The highest BCUT2D eigenvalue weighted by atomic mass is 32.1. The van der Waals surface area contributed by atoms with Crippen molar-refractivity contribution in [2.24, 2.45) is 5.73 Å². The van der Waals surface area contributed by atoms with E-state index < -0.39 is 0 Å². The minimum Gasteiger partial charge on any atom is -0.366 e. The number of thiazole rings is 1. The number of primary amides is 1. The number of benzene rings is 1. The molecule has 0 unspecified atom stereocenters. The highest BCUT2D eigenvalue weighted by Crippen LogP contribution is 2.38. The average molecular weight is 366 g/mol. The third-order valence-electron chi connectivity index (χ3n) is 5.04. The summed E-state index contributed by atoms with van der Waals surface area (Å²) < 4.78 is 2.27. The third kappa shape index (κ3) is 3.12. The van der Waals surface area contributed by atoms with Crippen LogP contribution in [0.4, 0.5) is 10.8 Å². The molecule has 2 heterocycles. The lowest BCUT2D eigenvalue weighted by Crippen LogP contribution is -2.14. The fourth-order valence-electron chi connectivity index (χ4n) is 3.79. The second-order valence-electron chi connectivity index (χ2n) is 6.73. The molecule has 1 saturated carbocycles. The van der Waals surface area contributed by atoms with Crippen molar-refractivity contribution < 1.29 is 4.79 Å². The van der Waals surface area contributed by atoms with Crippen LogP contribution in [0.5, 0.6) is 0 Å². The number of anilines is 2. The molecule has 134 valence electrons. The van der Waals surface area contributed by atoms with Crippen LogP contribution in [0.3, 0.4) is 0 Å². The van der Waals surface area contributed by atoms with Crippen molar-refractivity contribution in [3.05, 3.63) is 53.0 Å². The number of amides is 1. The molecule has 3 N–H and O–H groups in total. The predicted molar refractivity (Wildman–Crippen MR) is 106 cm³/mol. The van der Waals surface area contributed by atoms with Gasteiger partial charge in [-0.25, -0.2) is 4.98 Å². The van der Waals surface area contributed by atoms with Gasteiger partial charge in [0, 0.05) is 22.8 Å². The van der Waals surface area contributed by atoms with E-state index in [9.17, 15) is 4.79 Å². The van der Waals surface area contributed by atoms with Gasteiger partial charge in [-0.05, 0) is 38.0 Å². The van der Waals surface area contributed by atoms with Gasteiger partial charge in [-0.3, -0.25) is 4.79 Å². The van der Waals surface area contributed by atoms with Crippen LogP contribution in [0.2, 0.25) is 0 Å². The summed E-state index contributed by atoms with van der Waals surface area (Å²) >= 11 is 1.56. The van der Waals surface area contributed by atoms with Gasteiger partial charge in [-0.2, -0.15) is 0 Å². The number of hydrogen-bond acceptors (Lipinski definition) is 4. The van der Waals surface area contributed by atoms with Crippen molar-refractivity contribution >= 4 is 28.1 Å². The van der Waals surface area contributed by atoms with E-state index in [4.69, 9.17) is 10.7 Å². The molecule has 3 aromatic rings. The van der Waals surface area contributed by atoms with E-state index in [1.54, 1.807) is 11.3 Å². The summed E-state index contributed by atoms with van der Waals surface area (Å²) in [6, 6.07) is 12.3. The Morgan fingerprint density at radius 3 is 2.69 bits per heavy atom. The van der Waals surface area contributed by atoms with E-state index in [1.807, 2.05) is 48.7 Å². The van der Waals surface area contributed by atoms with Gasteiger partial charge in [0.1, 0.15) is 0 Å². The van der Waals surface area contributed by atoms with E-state index >= 15 is 0 Å². The number of rotatable bonds is 5. The van der Waals surface area contributed by atoms with E-state index in [0.717, 1.165) is 40.7 Å². The number of nitrogens with one attached hydrogen (secondary N) is 1. The first-order valence-electron chi connectivity index (χ1n) is 8.93. The highest BCUT2D eigenvalue weighted by Gasteiger charge is 2.25. The molecule has 0 atom stereocenters. The van der Waals surface area contributed by atoms with Gasteiger partial charge in [0.15, 0.2) is 5.13 Å². The molecule has 5 nitrogen and oxygen atoms in total. The zero-order chi connectivity index (χ0) is 18.1. The first kappa shape index (κ1) is 16.8. The van der Waals surface area contributed by atoms with Gasteiger partial charge in [0.25, 0.3) is 5.91 Å². The average Bonchev–Trinajstić information content (AvgIpc) is 3.35. The Morgan fingerprint density at radius 1 is 1.27 bits per heavy atom. The largest absolute Gasteiger partial charge is 0.366 e. The van der Waals surface area contributed by atoms with Crippen molar-refractivity contribution in [2.45, 2.75) is 38.6 Å². The normalized spacial score (nSPS) is 14.7. The second kappa shape index (κ2) is 6.96. The fourth-order valence-corrected chi connectivity index (χ4v) is 4.52. The molecular weight excluding hydrogens is 344 g/mol. The molecule has 1 amide bonds. The van der Waals surface area contributed by atoms with Crippen LogP contribution in [0.1, 0.15) is 47.8 Å². The highest BCUT2D eigenvalue weighted by molar-refractivity contribution is 7.14. The molecule has 4 rings (SSSR count). The molecule has 0 saturated heterocycles. The van der Waals surface area contributed by atoms with Crippen molar-refractivity contribution in [1.82, 2.24) is 9.55 Å². The molecule has 0 spiro atoms. The van der Waals surface area contributed by atoms with Gasteiger partial charge in [0.05, 0.1) is 17.0 Å². The molecule has 6 heteroatoms. The summed E-state index contributed by atoms with van der Waals surface area (Å²) in [6.45, 7) is 1.98. The first-order chi connectivity index (χ1) is 12.6. The van der Waals surface area contributed by atoms with Crippen LogP contribution in [0, 0.1) is 6.92 Å². The lowest BCUT2D eigenvalue weighted by Gasteiger charge is -2.18. The summed E-state index contributed by atoms with van der Waals surface area (Å²) in [7, 11) is 0. The van der Waals surface area contributed by atoms with Crippen LogP contribution in [0.25, 0.3) is 11.4 Å². The van der Waals surface area contributed by atoms with Crippen LogP contribution >= 0.6 is 11.3 Å². The number of carbonyl (C=O) groups excluding carboxylic acids is 1. The molecule has 1 aliphatic carbocycles. The number of nitrogens with two attached hydrogens (primary N) is 1. The molecule has 0 aliphatic heterocycles.